The molecule has 4 nitrogen and oxygen atoms in total. The maximum Gasteiger partial charge on any atom is 0.335 e. The van der Waals surface area contributed by atoms with E-state index in [0.717, 1.165) is 31.4 Å². The summed E-state index contributed by atoms with van der Waals surface area (Å²) in [6.07, 6.45) is 5.29. The minimum Gasteiger partial charge on any atom is -0.478 e. The van der Waals surface area contributed by atoms with Crippen molar-refractivity contribution in [2.45, 2.75) is 31.7 Å². The van der Waals surface area contributed by atoms with Crippen LogP contribution >= 0.6 is 0 Å². The van der Waals surface area contributed by atoms with E-state index in [1.165, 1.54) is 28.5 Å². The van der Waals surface area contributed by atoms with E-state index in [-0.39, 0.29) is 0 Å². The molecule has 0 saturated carbocycles. The largest absolute Gasteiger partial charge is 0.478 e. The smallest absolute Gasteiger partial charge is 0.335 e. The van der Waals surface area contributed by atoms with Crippen LogP contribution in [0, 0.1) is 0 Å². The van der Waals surface area contributed by atoms with E-state index in [1.807, 2.05) is 18.3 Å². The number of aromatic nitrogens is 1. The van der Waals surface area contributed by atoms with Crippen LogP contribution in [0.25, 0.3) is 10.9 Å². The number of carbonyl (C=O) groups is 1. The fraction of sp³-hybridized carbons (Fsp3) is 0.286. The maximum atomic E-state index is 11.3. The zero-order valence-electron chi connectivity index (χ0n) is 14.1. The van der Waals surface area contributed by atoms with Gasteiger partial charge >= 0.3 is 5.97 Å². The molecule has 25 heavy (non-hydrogen) atoms. The third kappa shape index (κ3) is 3.30. The first-order valence-electron chi connectivity index (χ1n) is 8.83. The summed E-state index contributed by atoms with van der Waals surface area (Å²) >= 11 is 0. The van der Waals surface area contributed by atoms with Crippen LogP contribution in [-0.2, 0) is 13.0 Å². The van der Waals surface area contributed by atoms with E-state index in [0.29, 0.717) is 11.5 Å². The molecule has 0 spiro atoms. The number of nitrogens with one attached hydrogen (secondary N) is 2. The molecule has 4 heteroatoms. The van der Waals surface area contributed by atoms with E-state index < -0.39 is 5.97 Å². The van der Waals surface area contributed by atoms with Crippen molar-refractivity contribution in [2.75, 3.05) is 6.54 Å². The minimum absolute atomic E-state index is 0.388. The van der Waals surface area contributed by atoms with Gasteiger partial charge in [-0.25, -0.2) is 4.79 Å². The molecule has 0 aliphatic heterocycles. The fourth-order valence-corrected chi connectivity index (χ4v) is 3.85. The van der Waals surface area contributed by atoms with E-state index in [1.54, 1.807) is 6.07 Å². The Morgan fingerprint density at radius 2 is 2.12 bits per heavy atom. The van der Waals surface area contributed by atoms with Gasteiger partial charge in [-0.1, -0.05) is 12.1 Å². The third-order valence-electron chi connectivity index (χ3n) is 5.17. The van der Waals surface area contributed by atoms with Crippen LogP contribution < -0.4 is 5.32 Å². The summed E-state index contributed by atoms with van der Waals surface area (Å²) in [6, 6.07) is 14.1. The molecule has 1 heterocycles. The van der Waals surface area contributed by atoms with Crippen LogP contribution in [0.3, 0.4) is 0 Å². The van der Waals surface area contributed by atoms with Crippen molar-refractivity contribution < 1.29 is 9.90 Å². The normalized spacial score (nSPS) is 16.7. The topological polar surface area (TPSA) is 65.1 Å². The molecule has 3 aromatic rings. The zero-order chi connectivity index (χ0) is 17.2. The average molecular weight is 334 g/mol. The molecule has 0 amide bonds. The van der Waals surface area contributed by atoms with Crippen molar-refractivity contribution in [2.24, 2.45) is 0 Å². The lowest BCUT2D eigenvalue weighted by Gasteiger charge is -2.26. The minimum atomic E-state index is -0.847. The van der Waals surface area contributed by atoms with Crippen LogP contribution in [0.5, 0.6) is 0 Å². The molecule has 0 saturated heterocycles. The van der Waals surface area contributed by atoms with Crippen molar-refractivity contribution >= 4 is 16.9 Å². The number of fused-ring (bicyclic) bond motifs is 2. The SMILES string of the molecule is O=C(O)c1ccc2c(c1)C(CNCc1ccc3[nH]ccc3c1)CCC2. The van der Waals surface area contributed by atoms with Crippen LogP contribution in [0.4, 0.5) is 0 Å². The molecular formula is C21H22N2O2. The van der Waals surface area contributed by atoms with Gasteiger partial charge in [-0.05, 0) is 77.6 Å². The highest BCUT2D eigenvalue weighted by Gasteiger charge is 2.21. The summed E-state index contributed by atoms with van der Waals surface area (Å²) in [6.45, 7) is 1.70. The van der Waals surface area contributed by atoms with E-state index in [9.17, 15) is 9.90 Å². The highest BCUT2D eigenvalue weighted by molar-refractivity contribution is 5.88. The van der Waals surface area contributed by atoms with Gasteiger partial charge in [0, 0.05) is 24.8 Å². The third-order valence-corrected chi connectivity index (χ3v) is 5.17. The molecule has 1 atom stereocenters. The number of aromatic amines is 1. The van der Waals surface area contributed by atoms with E-state index >= 15 is 0 Å². The second-order valence-corrected chi connectivity index (χ2v) is 6.84. The van der Waals surface area contributed by atoms with Crippen LogP contribution in [-0.4, -0.2) is 22.6 Å². The Morgan fingerprint density at radius 1 is 1.20 bits per heavy atom. The summed E-state index contributed by atoms with van der Waals surface area (Å²) in [5, 5.41) is 14.0. The zero-order valence-corrected chi connectivity index (χ0v) is 14.1. The Bertz CT molecular complexity index is 913. The molecule has 4 rings (SSSR count). The number of hydrogen-bond donors (Lipinski definition) is 3. The molecule has 3 N–H and O–H groups in total. The number of rotatable bonds is 5. The summed E-state index contributed by atoms with van der Waals surface area (Å²) < 4.78 is 0. The predicted octanol–water partition coefficient (Wildman–Crippen LogP) is 4.08. The second kappa shape index (κ2) is 6.73. The van der Waals surface area contributed by atoms with Crippen LogP contribution in [0.15, 0.2) is 48.7 Å². The summed E-state index contributed by atoms with van der Waals surface area (Å²) in [4.78, 5) is 14.5. The van der Waals surface area contributed by atoms with E-state index in [4.69, 9.17) is 0 Å². The van der Waals surface area contributed by atoms with Crippen molar-refractivity contribution in [3.63, 3.8) is 0 Å². The van der Waals surface area contributed by atoms with Gasteiger partial charge in [0.15, 0.2) is 0 Å². The first-order valence-corrected chi connectivity index (χ1v) is 8.83. The summed E-state index contributed by atoms with van der Waals surface area (Å²) in [7, 11) is 0. The first-order chi connectivity index (χ1) is 12.2. The van der Waals surface area contributed by atoms with Crippen molar-refractivity contribution in [1.82, 2.24) is 10.3 Å². The van der Waals surface area contributed by atoms with Crippen LogP contribution in [0.2, 0.25) is 0 Å². The van der Waals surface area contributed by atoms with E-state index in [2.05, 4.69) is 34.6 Å². The molecule has 1 aliphatic carbocycles. The number of carboxylic acid groups (broad SMARTS) is 1. The van der Waals surface area contributed by atoms with Crippen molar-refractivity contribution in [3.8, 4) is 0 Å². The Hall–Kier alpha value is -2.59. The Morgan fingerprint density at radius 3 is 3.00 bits per heavy atom. The van der Waals surface area contributed by atoms with Crippen LogP contribution in [0.1, 0.15) is 45.8 Å². The van der Waals surface area contributed by atoms with Gasteiger partial charge in [0.05, 0.1) is 5.56 Å². The molecule has 1 aromatic heterocycles. The van der Waals surface area contributed by atoms with Crippen molar-refractivity contribution in [1.29, 1.82) is 0 Å². The highest BCUT2D eigenvalue weighted by atomic mass is 16.4. The van der Waals surface area contributed by atoms with Gasteiger partial charge in [-0.15, -0.1) is 0 Å². The number of benzene rings is 2. The fourth-order valence-electron chi connectivity index (χ4n) is 3.85. The molecular weight excluding hydrogens is 312 g/mol. The van der Waals surface area contributed by atoms with Gasteiger partial charge in [-0.3, -0.25) is 0 Å². The molecule has 1 aliphatic rings. The standard InChI is InChI=1S/C21H22N2O2/c24-21(25)17-6-5-15-2-1-3-18(19(15)11-17)13-22-12-14-4-7-20-16(10-14)8-9-23-20/h4-11,18,22-23H,1-3,12-13H2,(H,24,25). The summed E-state index contributed by atoms with van der Waals surface area (Å²) in [5.41, 5.74) is 5.33. The molecule has 0 radical (unpaired) electrons. The molecule has 2 aromatic carbocycles. The van der Waals surface area contributed by atoms with Gasteiger partial charge in [0.2, 0.25) is 0 Å². The lowest BCUT2D eigenvalue weighted by molar-refractivity contribution is 0.0696. The predicted molar refractivity (Wildman–Crippen MR) is 99.1 cm³/mol. The number of H-pyrrole nitrogens is 1. The number of aromatic carboxylic acids is 1. The number of hydrogen-bond acceptors (Lipinski definition) is 2. The van der Waals surface area contributed by atoms with Gasteiger partial charge in [-0.2, -0.15) is 0 Å². The van der Waals surface area contributed by atoms with Gasteiger partial charge in [0.25, 0.3) is 0 Å². The number of aryl methyl sites for hydroxylation is 1. The Balaban J connectivity index is 1.45. The molecule has 128 valence electrons. The van der Waals surface area contributed by atoms with Crippen molar-refractivity contribution in [3.05, 3.63) is 70.9 Å². The van der Waals surface area contributed by atoms with Gasteiger partial charge in [0.1, 0.15) is 0 Å². The monoisotopic (exact) mass is 334 g/mol. The maximum absolute atomic E-state index is 11.3. The lowest BCUT2D eigenvalue weighted by atomic mass is 9.82. The highest BCUT2D eigenvalue weighted by Crippen LogP contribution is 2.32. The Labute approximate surface area is 146 Å². The average Bonchev–Trinajstić information content (AvgIpc) is 3.09. The number of carboxylic acids is 1. The Kier molecular flexibility index (Phi) is 4.28. The summed E-state index contributed by atoms with van der Waals surface area (Å²) in [5.74, 6) is -0.459. The first kappa shape index (κ1) is 15.9. The lowest BCUT2D eigenvalue weighted by Crippen LogP contribution is -2.24. The molecule has 0 bridgehead atoms. The molecule has 0 fully saturated rings. The second-order valence-electron chi connectivity index (χ2n) is 6.84. The van der Waals surface area contributed by atoms with Gasteiger partial charge < -0.3 is 15.4 Å². The quantitative estimate of drug-likeness (QED) is 0.659. The molecule has 1 unspecified atom stereocenters.